The lowest BCUT2D eigenvalue weighted by Crippen LogP contribution is -2.41. The second kappa shape index (κ2) is 8.80. The van der Waals surface area contributed by atoms with Crippen LogP contribution in [0, 0.1) is 0 Å². The molecule has 1 fully saturated rings. The monoisotopic (exact) mass is 373 g/mol. The summed E-state index contributed by atoms with van der Waals surface area (Å²) in [5, 5.41) is 9.00. The molecule has 7 nitrogen and oxygen atoms in total. The molecular weight excluding hydrogens is 342 g/mol. The van der Waals surface area contributed by atoms with Crippen LogP contribution in [0.4, 0.5) is 5.95 Å². The van der Waals surface area contributed by atoms with Gasteiger partial charge in [0, 0.05) is 51.3 Å². The molecule has 1 saturated heterocycles. The Labute approximate surface area is 161 Å². The summed E-state index contributed by atoms with van der Waals surface area (Å²) in [7, 11) is 1.73. The van der Waals surface area contributed by atoms with Crippen molar-refractivity contribution < 1.29 is 9.47 Å². The predicted molar refractivity (Wildman–Crippen MR) is 106 cm³/mol. The number of aromatic nitrogens is 4. The van der Waals surface area contributed by atoms with E-state index in [1.54, 1.807) is 13.3 Å². The van der Waals surface area contributed by atoms with Gasteiger partial charge in [-0.1, -0.05) is 0 Å². The molecule has 0 bridgehead atoms. The molecule has 2 aromatic rings. The van der Waals surface area contributed by atoms with Gasteiger partial charge in [-0.05, 0) is 52.2 Å². The first-order valence-electron chi connectivity index (χ1n) is 9.73. The first kappa shape index (κ1) is 19.8. The summed E-state index contributed by atoms with van der Waals surface area (Å²) < 4.78 is 13.6. The van der Waals surface area contributed by atoms with Crippen molar-refractivity contribution in [3.05, 3.63) is 24.5 Å². The summed E-state index contributed by atoms with van der Waals surface area (Å²) >= 11 is 0. The van der Waals surface area contributed by atoms with E-state index in [2.05, 4.69) is 45.4 Å². The Kier molecular flexibility index (Phi) is 6.44. The highest BCUT2D eigenvalue weighted by molar-refractivity contribution is 5.56. The first-order valence-corrected chi connectivity index (χ1v) is 9.73. The average molecular weight is 374 g/mol. The van der Waals surface area contributed by atoms with Gasteiger partial charge in [0.2, 0.25) is 5.95 Å². The molecule has 0 spiro atoms. The van der Waals surface area contributed by atoms with Crippen molar-refractivity contribution in [2.75, 3.05) is 31.7 Å². The standard InChI is InChI=1S/C20H31N5O2/c1-20(2,3)27-17-8-12-24(13-9-17)19-23-22-18(16-7-5-10-21-15-16)25(19)11-6-14-26-4/h5,7,10,15,17H,6,8-9,11-14H2,1-4H3. The van der Waals surface area contributed by atoms with Crippen molar-refractivity contribution in [3.8, 4) is 11.4 Å². The van der Waals surface area contributed by atoms with Gasteiger partial charge in [0.1, 0.15) is 0 Å². The number of hydrogen-bond donors (Lipinski definition) is 0. The van der Waals surface area contributed by atoms with Crippen LogP contribution in [0.3, 0.4) is 0 Å². The van der Waals surface area contributed by atoms with Crippen molar-refractivity contribution in [1.29, 1.82) is 0 Å². The summed E-state index contributed by atoms with van der Waals surface area (Å²) in [6.45, 7) is 9.74. The van der Waals surface area contributed by atoms with Gasteiger partial charge in [-0.2, -0.15) is 0 Å². The molecule has 0 atom stereocenters. The lowest BCUT2D eigenvalue weighted by atomic mass is 10.1. The van der Waals surface area contributed by atoms with Crippen LogP contribution < -0.4 is 4.90 Å². The highest BCUT2D eigenvalue weighted by atomic mass is 16.5. The minimum absolute atomic E-state index is 0.0967. The molecule has 0 N–H and O–H groups in total. The Morgan fingerprint density at radius 3 is 2.59 bits per heavy atom. The van der Waals surface area contributed by atoms with Crippen LogP contribution in [0.1, 0.15) is 40.0 Å². The minimum Gasteiger partial charge on any atom is -0.385 e. The van der Waals surface area contributed by atoms with Gasteiger partial charge < -0.3 is 14.4 Å². The van der Waals surface area contributed by atoms with E-state index in [0.29, 0.717) is 12.7 Å². The lowest BCUT2D eigenvalue weighted by Gasteiger charge is -2.35. The van der Waals surface area contributed by atoms with Crippen molar-refractivity contribution in [2.24, 2.45) is 0 Å². The van der Waals surface area contributed by atoms with Crippen molar-refractivity contribution >= 4 is 5.95 Å². The van der Waals surface area contributed by atoms with Crippen LogP contribution in [0.15, 0.2) is 24.5 Å². The molecule has 1 aliphatic heterocycles. The summed E-state index contributed by atoms with van der Waals surface area (Å²) in [5.41, 5.74) is 0.889. The summed E-state index contributed by atoms with van der Waals surface area (Å²) in [6, 6.07) is 3.95. The molecule has 1 aliphatic rings. The zero-order chi connectivity index (χ0) is 19.3. The third-order valence-electron chi connectivity index (χ3n) is 4.63. The maximum Gasteiger partial charge on any atom is 0.227 e. The number of methoxy groups -OCH3 is 1. The largest absolute Gasteiger partial charge is 0.385 e. The average Bonchev–Trinajstić information content (AvgIpc) is 3.06. The van der Waals surface area contributed by atoms with E-state index in [0.717, 1.165) is 56.2 Å². The molecule has 0 radical (unpaired) electrons. The Morgan fingerprint density at radius 2 is 1.96 bits per heavy atom. The molecule has 0 amide bonds. The van der Waals surface area contributed by atoms with E-state index in [4.69, 9.17) is 9.47 Å². The number of anilines is 1. The van der Waals surface area contributed by atoms with Crippen molar-refractivity contribution in [2.45, 2.75) is 58.3 Å². The van der Waals surface area contributed by atoms with E-state index in [9.17, 15) is 0 Å². The normalized spacial score (nSPS) is 16.1. The zero-order valence-electron chi connectivity index (χ0n) is 16.9. The fourth-order valence-electron chi connectivity index (χ4n) is 3.48. The van der Waals surface area contributed by atoms with Gasteiger partial charge in [-0.25, -0.2) is 0 Å². The molecular formula is C20H31N5O2. The Bertz CT molecular complexity index is 703. The zero-order valence-corrected chi connectivity index (χ0v) is 16.9. The smallest absolute Gasteiger partial charge is 0.227 e. The van der Waals surface area contributed by atoms with Gasteiger partial charge in [0.05, 0.1) is 11.7 Å². The Balaban J connectivity index is 1.76. The number of ether oxygens (including phenoxy) is 2. The van der Waals surface area contributed by atoms with E-state index in [1.165, 1.54) is 0 Å². The molecule has 2 aromatic heterocycles. The molecule has 3 heterocycles. The van der Waals surface area contributed by atoms with Crippen LogP contribution in [0.25, 0.3) is 11.4 Å². The Morgan fingerprint density at radius 1 is 1.19 bits per heavy atom. The van der Waals surface area contributed by atoms with Crippen molar-refractivity contribution in [1.82, 2.24) is 19.7 Å². The quantitative estimate of drug-likeness (QED) is 0.695. The van der Waals surface area contributed by atoms with Crippen LogP contribution in [-0.4, -0.2) is 58.3 Å². The van der Waals surface area contributed by atoms with Gasteiger partial charge >= 0.3 is 0 Å². The van der Waals surface area contributed by atoms with Gasteiger partial charge in [-0.3, -0.25) is 9.55 Å². The highest BCUT2D eigenvalue weighted by Crippen LogP contribution is 2.27. The van der Waals surface area contributed by atoms with Gasteiger partial charge in [0.25, 0.3) is 0 Å². The second-order valence-corrected chi connectivity index (χ2v) is 7.98. The van der Waals surface area contributed by atoms with Crippen LogP contribution in [0.2, 0.25) is 0 Å². The fraction of sp³-hybridized carbons (Fsp3) is 0.650. The van der Waals surface area contributed by atoms with Crippen molar-refractivity contribution in [3.63, 3.8) is 0 Å². The number of piperidine rings is 1. The molecule has 0 aromatic carbocycles. The maximum absolute atomic E-state index is 6.15. The SMILES string of the molecule is COCCCn1c(-c2cccnc2)nnc1N1CCC(OC(C)(C)C)CC1. The van der Waals surface area contributed by atoms with Crippen LogP contribution in [0.5, 0.6) is 0 Å². The minimum atomic E-state index is -0.0967. The number of pyridine rings is 1. The number of hydrogen-bond acceptors (Lipinski definition) is 6. The third-order valence-corrected chi connectivity index (χ3v) is 4.63. The molecule has 0 aliphatic carbocycles. The molecule has 148 valence electrons. The highest BCUT2D eigenvalue weighted by Gasteiger charge is 2.27. The molecule has 7 heteroatoms. The fourth-order valence-corrected chi connectivity index (χ4v) is 3.48. The first-order chi connectivity index (χ1) is 13.0. The molecule has 0 saturated carbocycles. The van der Waals surface area contributed by atoms with E-state index >= 15 is 0 Å². The summed E-state index contributed by atoms with van der Waals surface area (Å²) in [6.07, 6.45) is 6.84. The molecule has 0 unspecified atom stereocenters. The van der Waals surface area contributed by atoms with Crippen LogP contribution >= 0.6 is 0 Å². The van der Waals surface area contributed by atoms with Gasteiger partial charge in [0.15, 0.2) is 5.82 Å². The summed E-state index contributed by atoms with van der Waals surface area (Å²) in [5.74, 6) is 1.79. The Hall–Kier alpha value is -1.99. The second-order valence-electron chi connectivity index (χ2n) is 7.98. The molecule has 27 heavy (non-hydrogen) atoms. The third kappa shape index (κ3) is 5.26. The topological polar surface area (TPSA) is 65.3 Å². The number of rotatable bonds is 7. The van der Waals surface area contributed by atoms with Crippen LogP contribution in [-0.2, 0) is 16.0 Å². The maximum atomic E-state index is 6.15. The van der Waals surface area contributed by atoms with Gasteiger partial charge in [-0.15, -0.1) is 10.2 Å². The lowest BCUT2D eigenvalue weighted by molar-refractivity contribution is -0.0684. The predicted octanol–water partition coefficient (Wildman–Crippen LogP) is 3.16. The van der Waals surface area contributed by atoms with E-state index < -0.39 is 0 Å². The van der Waals surface area contributed by atoms with E-state index in [1.807, 2.05) is 18.3 Å². The molecule has 3 rings (SSSR count). The summed E-state index contributed by atoms with van der Waals surface area (Å²) in [4.78, 5) is 6.55. The van der Waals surface area contributed by atoms with E-state index in [-0.39, 0.29) is 5.60 Å². The number of nitrogens with zero attached hydrogens (tertiary/aromatic N) is 5.